The second-order valence-corrected chi connectivity index (χ2v) is 15.2. The van der Waals surface area contributed by atoms with E-state index < -0.39 is 18.2 Å². The van der Waals surface area contributed by atoms with Crippen LogP contribution in [-0.2, 0) is 14.3 Å². The zero-order chi connectivity index (χ0) is 19.0. The van der Waals surface area contributed by atoms with E-state index in [9.17, 15) is 8.42 Å². The molecule has 0 heterocycles. The third-order valence-corrected chi connectivity index (χ3v) is 11.8. The number of nitrogens with zero attached hydrogens (tertiary/aromatic N) is 1. The van der Waals surface area contributed by atoms with E-state index in [4.69, 9.17) is 4.43 Å². The molecule has 4 nitrogen and oxygen atoms in total. The van der Waals surface area contributed by atoms with Crippen molar-refractivity contribution in [1.29, 1.82) is 0 Å². The smallest absolute Gasteiger partial charge is 0.204 e. The first-order valence-electron chi connectivity index (χ1n) is 8.72. The van der Waals surface area contributed by atoms with E-state index in [1.54, 1.807) is 24.3 Å². The second-order valence-electron chi connectivity index (χ2n) is 8.52. The average Bonchev–Trinajstić information content (AvgIpc) is 2.91. The number of sulfone groups is 1. The van der Waals surface area contributed by atoms with Crippen LogP contribution in [-0.4, -0.2) is 47.9 Å². The van der Waals surface area contributed by atoms with Crippen molar-refractivity contribution in [1.82, 2.24) is 4.90 Å². The minimum atomic E-state index is -3.50. The molecule has 2 atom stereocenters. The molecule has 0 N–H and O–H groups in total. The summed E-state index contributed by atoms with van der Waals surface area (Å²) in [5.74, 6) is 0. The molecule has 140 valence electrons. The van der Waals surface area contributed by atoms with Crippen molar-refractivity contribution in [2.45, 2.75) is 62.4 Å². The molecule has 0 fully saturated rings. The maximum atomic E-state index is 13.1. The topological polar surface area (TPSA) is 46.6 Å². The van der Waals surface area contributed by atoms with Gasteiger partial charge in [0, 0.05) is 6.04 Å². The maximum Gasteiger partial charge on any atom is 0.204 e. The van der Waals surface area contributed by atoms with E-state index in [0.29, 0.717) is 16.2 Å². The Morgan fingerprint density at radius 2 is 1.68 bits per heavy atom. The summed E-state index contributed by atoms with van der Waals surface area (Å²) in [6, 6.07) is 8.51. The molecule has 0 bridgehead atoms. The molecule has 1 aromatic carbocycles. The lowest BCUT2D eigenvalue weighted by Crippen LogP contribution is -2.43. The Hall–Kier alpha value is -0.953. The lowest BCUT2D eigenvalue weighted by Gasteiger charge is -2.38. The second kappa shape index (κ2) is 6.99. The van der Waals surface area contributed by atoms with Gasteiger partial charge in [-0.15, -0.1) is 0 Å². The van der Waals surface area contributed by atoms with Crippen molar-refractivity contribution < 1.29 is 12.8 Å². The van der Waals surface area contributed by atoms with Gasteiger partial charge in [0.2, 0.25) is 9.84 Å². The molecule has 0 unspecified atom stereocenters. The molecule has 1 aliphatic rings. The van der Waals surface area contributed by atoms with Gasteiger partial charge < -0.3 is 9.33 Å². The van der Waals surface area contributed by atoms with Crippen LogP contribution >= 0.6 is 0 Å². The Morgan fingerprint density at radius 1 is 1.12 bits per heavy atom. The van der Waals surface area contributed by atoms with E-state index in [0.717, 1.165) is 0 Å². The summed E-state index contributed by atoms with van der Waals surface area (Å²) in [6.45, 7) is 11.0. The van der Waals surface area contributed by atoms with Crippen molar-refractivity contribution in [3.05, 3.63) is 41.3 Å². The summed E-state index contributed by atoms with van der Waals surface area (Å²) in [5, 5.41) is 0.0928. The largest absolute Gasteiger partial charge is 0.410 e. The Kier molecular flexibility index (Phi) is 5.69. The van der Waals surface area contributed by atoms with Crippen LogP contribution in [0.3, 0.4) is 0 Å². The van der Waals surface area contributed by atoms with Crippen LogP contribution < -0.4 is 0 Å². The van der Waals surface area contributed by atoms with Gasteiger partial charge in [-0.25, -0.2) is 8.42 Å². The lowest BCUT2D eigenvalue weighted by atomic mass is 10.2. The first-order valence-corrected chi connectivity index (χ1v) is 13.1. The number of hydrogen-bond donors (Lipinski definition) is 0. The predicted octanol–water partition coefficient (Wildman–Crippen LogP) is 4.07. The normalized spacial score (nSPS) is 22.3. The first kappa shape index (κ1) is 20.4. The van der Waals surface area contributed by atoms with Gasteiger partial charge in [0.05, 0.1) is 15.9 Å². The minimum absolute atomic E-state index is 0.0928. The van der Waals surface area contributed by atoms with Gasteiger partial charge in [-0.3, -0.25) is 0 Å². The fourth-order valence-electron chi connectivity index (χ4n) is 2.81. The van der Waals surface area contributed by atoms with Gasteiger partial charge in [-0.1, -0.05) is 39.0 Å². The van der Waals surface area contributed by atoms with Gasteiger partial charge in [0.1, 0.15) is 0 Å². The summed E-state index contributed by atoms with van der Waals surface area (Å²) in [7, 11) is -1.61. The summed E-state index contributed by atoms with van der Waals surface area (Å²) in [5.41, 5.74) is 0. The molecule has 2 rings (SSSR count). The number of likely N-dealkylation sites (N-methyl/N-ethyl adjacent to an activating group) is 1. The standard InChI is InChI=1S/C19H31NO3SSi/c1-19(2,3)25(6,7)23-15-13-17(20(4)5)18(14-15)24(21,22)16-11-9-8-10-12-16/h8-12,14-15,17H,13H2,1-7H3/t15-,17-/m1/s1. The predicted molar refractivity (Wildman–Crippen MR) is 106 cm³/mol. The average molecular weight is 382 g/mol. The van der Waals surface area contributed by atoms with Crippen LogP contribution in [0.1, 0.15) is 27.2 Å². The van der Waals surface area contributed by atoms with E-state index in [1.165, 1.54) is 0 Å². The van der Waals surface area contributed by atoms with E-state index in [-0.39, 0.29) is 17.2 Å². The van der Waals surface area contributed by atoms with E-state index in [1.807, 2.05) is 31.1 Å². The first-order chi connectivity index (χ1) is 11.4. The molecule has 6 heteroatoms. The van der Waals surface area contributed by atoms with Gasteiger partial charge in [-0.05, 0) is 56.9 Å². The zero-order valence-electron chi connectivity index (χ0n) is 16.4. The minimum Gasteiger partial charge on any atom is -0.410 e. The lowest BCUT2D eigenvalue weighted by molar-refractivity contribution is 0.195. The highest BCUT2D eigenvalue weighted by molar-refractivity contribution is 7.95. The highest BCUT2D eigenvalue weighted by atomic mass is 32.2. The van der Waals surface area contributed by atoms with E-state index >= 15 is 0 Å². The number of hydrogen-bond acceptors (Lipinski definition) is 4. The third-order valence-electron chi connectivity index (χ3n) is 5.37. The third kappa shape index (κ3) is 4.24. The molecule has 0 spiro atoms. The molecule has 1 aromatic rings. The van der Waals surface area contributed by atoms with Gasteiger partial charge in [0.15, 0.2) is 8.32 Å². The van der Waals surface area contributed by atoms with Crippen molar-refractivity contribution in [3.8, 4) is 0 Å². The molecule has 0 saturated carbocycles. The van der Waals surface area contributed by atoms with Crippen LogP contribution in [0.15, 0.2) is 46.2 Å². The van der Waals surface area contributed by atoms with Gasteiger partial charge in [-0.2, -0.15) is 0 Å². The Morgan fingerprint density at radius 3 is 2.16 bits per heavy atom. The highest BCUT2D eigenvalue weighted by Crippen LogP contribution is 2.40. The summed E-state index contributed by atoms with van der Waals surface area (Å²) in [6.07, 6.45) is 2.37. The summed E-state index contributed by atoms with van der Waals surface area (Å²) >= 11 is 0. The Bertz CT molecular complexity index is 734. The molecular formula is C19H31NO3SSi. The molecule has 0 amide bonds. The molecule has 25 heavy (non-hydrogen) atoms. The summed E-state index contributed by atoms with van der Waals surface area (Å²) in [4.78, 5) is 2.79. The van der Waals surface area contributed by atoms with Crippen LogP contribution in [0.5, 0.6) is 0 Å². The Balaban J connectivity index is 2.38. The SMILES string of the molecule is CN(C)[C@@H]1C[C@@H](O[Si](C)(C)C(C)(C)C)C=C1S(=O)(=O)c1ccccc1. The molecular weight excluding hydrogens is 350 g/mol. The van der Waals surface area contributed by atoms with Crippen LogP contribution in [0.25, 0.3) is 0 Å². The molecule has 1 aliphatic carbocycles. The monoisotopic (exact) mass is 381 g/mol. The van der Waals surface area contributed by atoms with Crippen LogP contribution in [0.4, 0.5) is 0 Å². The van der Waals surface area contributed by atoms with Gasteiger partial charge in [0.25, 0.3) is 0 Å². The van der Waals surface area contributed by atoms with Gasteiger partial charge >= 0.3 is 0 Å². The quantitative estimate of drug-likeness (QED) is 0.721. The van der Waals surface area contributed by atoms with Crippen molar-refractivity contribution >= 4 is 18.2 Å². The summed E-state index contributed by atoms with van der Waals surface area (Å²) < 4.78 is 32.7. The molecule has 0 aliphatic heterocycles. The van der Waals surface area contributed by atoms with E-state index in [2.05, 4.69) is 33.9 Å². The highest BCUT2D eigenvalue weighted by Gasteiger charge is 2.43. The molecule has 0 saturated heterocycles. The van der Waals surface area contributed by atoms with Crippen LogP contribution in [0, 0.1) is 0 Å². The fraction of sp³-hybridized carbons (Fsp3) is 0.579. The number of benzene rings is 1. The van der Waals surface area contributed by atoms with Crippen molar-refractivity contribution in [3.63, 3.8) is 0 Å². The maximum absolute atomic E-state index is 13.1. The van der Waals surface area contributed by atoms with Crippen LogP contribution in [0.2, 0.25) is 18.1 Å². The zero-order valence-corrected chi connectivity index (χ0v) is 18.2. The molecule has 0 radical (unpaired) electrons. The fourth-order valence-corrected chi connectivity index (χ4v) is 5.86. The Labute approximate surface area is 153 Å². The van der Waals surface area contributed by atoms with Crippen molar-refractivity contribution in [2.24, 2.45) is 0 Å². The molecule has 0 aromatic heterocycles. The van der Waals surface area contributed by atoms with Crippen molar-refractivity contribution in [2.75, 3.05) is 14.1 Å². The number of rotatable bonds is 5.